The molecule has 4 rings (SSSR count). The second kappa shape index (κ2) is 9.87. The summed E-state index contributed by atoms with van der Waals surface area (Å²) in [4.78, 5) is 6.89. The number of hydrogen-bond acceptors (Lipinski definition) is 6. The van der Waals surface area contributed by atoms with Crippen molar-refractivity contribution in [3.05, 3.63) is 46.2 Å². The van der Waals surface area contributed by atoms with E-state index in [2.05, 4.69) is 31.1 Å². The van der Waals surface area contributed by atoms with Crippen molar-refractivity contribution in [3.8, 4) is 11.5 Å². The lowest BCUT2D eigenvalue weighted by Gasteiger charge is -2.32. The van der Waals surface area contributed by atoms with Gasteiger partial charge in [0.1, 0.15) is 5.52 Å². The molecule has 1 saturated heterocycles. The lowest BCUT2D eigenvalue weighted by Crippen LogP contribution is -2.38. The Morgan fingerprint density at radius 2 is 1.84 bits per heavy atom. The van der Waals surface area contributed by atoms with E-state index < -0.39 is 5.82 Å². The number of para-hydroxylation sites is 1. The fourth-order valence-corrected chi connectivity index (χ4v) is 4.32. The van der Waals surface area contributed by atoms with E-state index in [-0.39, 0.29) is 11.5 Å². The molecule has 1 N–H and O–H groups in total. The lowest BCUT2D eigenvalue weighted by molar-refractivity contribution is 0.209. The zero-order valence-corrected chi connectivity index (χ0v) is 19.4. The van der Waals surface area contributed by atoms with Gasteiger partial charge in [-0.3, -0.25) is 4.90 Å². The topological polar surface area (TPSA) is 59.8 Å². The van der Waals surface area contributed by atoms with Crippen LogP contribution >= 0.6 is 15.9 Å². The number of anilines is 1. The van der Waals surface area contributed by atoms with Crippen molar-refractivity contribution in [2.75, 3.05) is 31.6 Å². The van der Waals surface area contributed by atoms with Gasteiger partial charge in [-0.05, 0) is 72.4 Å². The van der Waals surface area contributed by atoms with E-state index in [1.165, 1.54) is 0 Å². The highest BCUT2D eigenvalue weighted by Crippen LogP contribution is 2.31. The number of nitrogens with one attached hydrogen (secondary N) is 1. The predicted molar refractivity (Wildman–Crippen MR) is 122 cm³/mol. The van der Waals surface area contributed by atoms with E-state index in [1.54, 1.807) is 12.1 Å². The molecule has 2 aromatic carbocycles. The van der Waals surface area contributed by atoms with Gasteiger partial charge in [0.2, 0.25) is 5.82 Å². The number of rotatable bonds is 8. The molecule has 3 aromatic rings. The fraction of sp³-hybridized carbons (Fsp3) is 0.435. The maximum atomic E-state index is 14.5. The zero-order valence-electron chi connectivity index (χ0n) is 17.8. The average molecular weight is 492 g/mol. The highest BCUT2D eigenvalue weighted by atomic mass is 79.9. The zero-order chi connectivity index (χ0) is 21.8. The summed E-state index contributed by atoms with van der Waals surface area (Å²) in [6, 6.07) is 10.2. The number of likely N-dealkylation sites (tertiary alicyclic amines) is 1. The molecule has 0 radical (unpaired) electrons. The van der Waals surface area contributed by atoms with E-state index >= 15 is 0 Å². The van der Waals surface area contributed by atoms with Crippen LogP contribution in [0.4, 0.5) is 10.4 Å². The SMILES string of the molecule is CCOc1cc(CN2CCC(Nc3nc4cccc(Br)c4o3)CC2)cc(OCC)c1F. The Morgan fingerprint density at radius 1 is 1.16 bits per heavy atom. The number of halogens is 2. The van der Waals surface area contributed by atoms with Crippen LogP contribution in [0.3, 0.4) is 0 Å². The monoisotopic (exact) mass is 491 g/mol. The summed E-state index contributed by atoms with van der Waals surface area (Å²) in [7, 11) is 0. The van der Waals surface area contributed by atoms with Crippen molar-refractivity contribution >= 4 is 33.0 Å². The van der Waals surface area contributed by atoms with Gasteiger partial charge < -0.3 is 19.2 Å². The van der Waals surface area contributed by atoms with Gasteiger partial charge in [0.05, 0.1) is 17.7 Å². The molecular weight excluding hydrogens is 465 g/mol. The van der Waals surface area contributed by atoms with Crippen LogP contribution < -0.4 is 14.8 Å². The standard InChI is InChI=1S/C23H27BrFN3O3/c1-3-29-19-12-15(13-20(21(19)25)30-4-2)14-28-10-8-16(9-11-28)26-23-27-18-7-5-6-17(24)22(18)31-23/h5-7,12-13,16H,3-4,8-11,14H2,1-2H3,(H,26,27). The number of aromatic nitrogens is 1. The predicted octanol–water partition coefficient (Wildman–Crippen LogP) is 5.60. The Hall–Kier alpha value is -2.32. The van der Waals surface area contributed by atoms with Crippen LogP contribution in [-0.4, -0.2) is 42.2 Å². The first kappa shape index (κ1) is 21.9. The van der Waals surface area contributed by atoms with E-state index in [4.69, 9.17) is 13.9 Å². The minimum Gasteiger partial charge on any atom is -0.491 e. The molecular formula is C23H27BrFN3O3. The molecule has 0 spiro atoms. The molecule has 2 heterocycles. The first-order valence-electron chi connectivity index (χ1n) is 10.7. The number of ether oxygens (including phenoxy) is 2. The van der Waals surface area contributed by atoms with Crippen LogP contribution in [0.15, 0.2) is 39.2 Å². The Labute approximate surface area is 189 Å². The molecule has 0 amide bonds. The number of oxazole rings is 1. The first-order valence-corrected chi connectivity index (χ1v) is 11.5. The number of piperidine rings is 1. The third kappa shape index (κ3) is 5.13. The Bertz CT molecular complexity index is 1010. The van der Waals surface area contributed by atoms with E-state index in [9.17, 15) is 4.39 Å². The maximum absolute atomic E-state index is 14.5. The van der Waals surface area contributed by atoms with Gasteiger partial charge in [0.15, 0.2) is 17.1 Å². The molecule has 1 aliphatic heterocycles. The Balaban J connectivity index is 1.37. The van der Waals surface area contributed by atoms with Gasteiger partial charge in [-0.25, -0.2) is 0 Å². The molecule has 8 heteroatoms. The quantitative estimate of drug-likeness (QED) is 0.442. The fourth-order valence-electron chi connectivity index (χ4n) is 3.88. The minimum atomic E-state index is -0.430. The molecule has 1 aliphatic rings. The average Bonchev–Trinajstić information content (AvgIpc) is 3.17. The van der Waals surface area contributed by atoms with Gasteiger partial charge in [-0.1, -0.05) is 6.07 Å². The third-order valence-corrected chi connectivity index (χ3v) is 5.98. The van der Waals surface area contributed by atoms with Crippen LogP contribution in [0.2, 0.25) is 0 Å². The number of benzene rings is 2. The summed E-state index contributed by atoms with van der Waals surface area (Å²) >= 11 is 3.50. The summed E-state index contributed by atoms with van der Waals surface area (Å²) in [5.74, 6) is 0.0737. The lowest BCUT2D eigenvalue weighted by atomic mass is 10.0. The Kier molecular flexibility index (Phi) is 6.97. The van der Waals surface area contributed by atoms with Gasteiger partial charge in [0, 0.05) is 25.7 Å². The highest BCUT2D eigenvalue weighted by molar-refractivity contribution is 9.10. The number of nitrogens with zero attached hydrogens (tertiary/aromatic N) is 2. The second-order valence-electron chi connectivity index (χ2n) is 7.57. The van der Waals surface area contributed by atoms with Gasteiger partial charge in [-0.2, -0.15) is 9.37 Å². The van der Waals surface area contributed by atoms with Crippen molar-refractivity contribution in [3.63, 3.8) is 0 Å². The smallest absolute Gasteiger partial charge is 0.295 e. The van der Waals surface area contributed by atoms with E-state index in [0.29, 0.717) is 25.3 Å². The molecule has 166 valence electrons. The summed E-state index contributed by atoms with van der Waals surface area (Å²) in [5, 5.41) is 3.43. The summed E-state index contributed by atoms with van der Waals surface area (Å²) in [5.41, 5.74) is 2.58. The molecule has 0 unspecified atom stereocenters. The second-order valence-corrected chi connectivity index (χ2v) is 8.43. The van der Waals surface area contributed by atoms with E-state index in [1.807, 2.05) is 32.0 Å². The molecule has 1 aromatic heterocycles. The summed E-state index contributed by atoms with van der Waals surface area (Å²) < 4.78 is 32.2. The molecule has 31 heavy (non-hydrogen) atoms. The molecule has 0 saturated carbocycles. The Morgan fingerprint density at radius 3 is 2.45 bits per heavy atom. The largest absolute Gasteiger partial charge is 0.491 e. The number of fused-ring (bicyclic) bond motifs is 1. The molecule has 6 nitrogen and oxygen atoms in total. The van der Waals surface area contributed by atoms with Crippen LogP contribution in [0.1, 0.15) is 32.3 Å². The van der Waals surface area contributed by atoms with Gasteiger partial charge in [0.25, 0.3) is 6.01 Å². The molecule has 1 fully saturated rings. The molecule has 0 aliphatic carbocycles. The first-order chi connectivity index (χ1) is 15.1. The summed E-state index contributed by atoms with van der Waals surface area (Å²) in [6.45, 7) is 7.09. The normalized spacial score (nSPS) is 15.4. The van der Waals surface area contributed by atoms with Crippen LogP contribution in [0, 0.1) is 5.82 Å². The number of hydrogen-bond donors (Lipinski definition) is 1. The van der Waals surface area contributed by atoms with Crippen molar-refractivity contribution in [1.29, 1.82) is 0 Å². The molecule has 0 atom stereocenters. The highest BCUT2D eigenvalue weighted by Gasteiger charge is 2.22. The molecule has 0 bridgehead atoms. The summed E-state index contributed by atoms with van der Waals surface area (Å²) in [6.07, 6.45) is 1.94. The van der Waals surface area contributed by atoms with Crippen molar-refractivity contribution in [1.82, 2.24) is 9.88 Å². The maximum Gasteiger partial charge on any atom is 0.295 e. The van der Waals surface area contributed by atoms with Gasteiger partial charge in [-0.15, -0.1) is 0 Å². The van der Waals surface area contributed by atoms with Crippen LogP contribution in [0.5, 0.6) is 11.5 Å². The van der Waals surface area contributed by atoms with Crippen molar-refractivity contribution < 1.29 is 18.3 Å². The third-order valence-electron chi connectivity index (χ3n) is 5.35. The van der Waals surface area contributed by atoms with Crippen molar-refractivity contribution in [2.45, 2.75) is 39.3 Å². The van der Waals surface area contributed by atoms with Gasteiger partial charge >= 0.3 is 0 Å². The van der Waals surface area contributed by atoms with E-state index in [0.717, 1.165) is 53.6 Å². The van der Waals surface area contributed by atoms with Crippen LogP contribution in [0.25, 0.3) is 11.1 Å². The van der Waals surface area contributed by atoms with Crippen LogP contribution in [-0.2, 0) is 6.54 Å². The van der Waals surface area contributed by atoms with Crippen molar-refractivity contribution in [2.24, 2.45) is 0 Å². The minimum absolute atomic E-state index is 0.252.